The Morgan fingerprint density at radius 2 is 1.64 bits per heavy atom. The Hall–Kier alpha value is -0.0400. The topological polar surface area (TPSA) is 9.23 Å². The maximum absolute atomic E-state index is 5.44. The van der Waals surface area contributed by atoms with Gasteiger partial charge in [-0.3, -0.25) is 0 Å². The van der Waals surface area contributed by atoms with E-state index in [9.17, 15) is 0 Å². The van der Waals surface area contributed by atoms with Gasteiger partial charge in [0.25, 0.3) is 0 Å². The largest absolute Gasteiger partial charge is 0.381 e. The highest BCUT2D eigenvalue weighted by atomic mass is 16.5. The molecule has 1 saturated heterocycles. The Balaban J connectivity index is 1.94. The average Bonchev–Trinajstić information content (AvgIpc) is 2.40. The van der Waals surface area contributed by atoms with Crippen molar-refractivity contribution in [3.05, 3.63) is 0 Å². The van der Waals surface area contributed by atoms with Gasteiger partial charge in [0.2, 0.25) is 0 Å². The summed E-state index contributed by atoms with van der Waals surface area (Å²) in [6.07, 6.45) is 2.87. The molecule has 1 heterocycles. The Labute approximate surface area is 69.1 Å². The van der Waals surface area contributed by atoms with Crippen LogP contribution in [0.2, 0.25) is 0 Å². The molecule has 64 valence electrons. The van der Waals surface area contributed by atoms with E-state index in [1.165, 1.54) is 12.8 Å². The normalized spacial score (nSPS) is 43.4. The van der Waals surface area contributed by atoms with Crippen molar-refractivity contribution < 1.29 is 4.74 Å². The Bertz CT molecular complexity index is 130. The van der Waals surface area contributed by atoms with Crippen LogP contribution in [0.4, 0.5) is 0 Å². The van der Waals surface area contributed by atoms with Crippen molar-refractivity contribution in [2.45, 2.75) is 26.7 Å². The van der Waals surface area contributed by atoms with Crippen LogP contribution in [0.25, 0.3) is 0 Å². The summed E-state index contributed by atoms with van der Waals surface area (Å²) >= 11 is 0. The monoisotopic (exact) mass is 154 g/mol. The summed E-state index contributed by atoms with van der Waals surface area (Å²) in [4.78, 5) is 0. The molecular weight excluding hydrogens is 136 g/mol. The molecule has 0 radical (unpaired) electrons. The first-order chi connectivity index (χ1) is 5.27. The van der Waals surface area contributed by atoms with Crippen molar-refractivity contribution in [2.75, 3.05) is 13.2 Å². The first-order valence-corrected chi connectivity index (χ1v) is 4.85. The highest BCUT2D eigenvalue weighted by molar-refractivity contribution is 4.87. The predicted octanol–water partition coefficient (Wildman–Crippen LogP) is 2.32. The van der Waals surface area contributed by atoms with E-state index in [1.807, 2.05) is 0 Å². The maximum atomic E-state index is 5.44. The molecule has 1 aliphatic heterocycles. The van der Waals surface area contributed by atoms with Gasteiger partial charge in [-0.2, -0.15) is 0 Å². The summed E-state index contributed by atoms with van der Waals surface area (Å²) < 4.78 is 5.44. The summed E-state index contributed by atoms with van der Waals surface area (Å²) in [5.41, 5.74) is 0. The molecule has 0 aromatic carbocycles. The van der Waals surface area contributed by atoms with Crippen LogP contribution in [0.15, 0.2) is 0 Å². The highest BCUT2D eigenvalue weighted by Gasteiger charge is 2.38. The molecule has 0 bridgehead atoms. The van der Waals surface area contributed by atoms with Gasteiger partial charge in [0.1, 0.15) is 0 Å². The third kappa shape index (κ3) is 1.31. The average molecular weight is 154 g/mol. The molecule has 1 unspecified atom stereocenters. The lowest BCUT2D eigenvalue weighted by Crippen LogP contribution is -2.06. The first-order valence-electron chi connectivity index (χ1n) is 4.85. The van der Waals surface area contributed by atoms with E-state index < -0.39 is 0 Å². The summed E-state index contributed by atoms with van der Waals surface area (Å²) in [6, 6.07) is 0. The van der Waals surface area contributed by atoms with E-state index in [-0.39, 0.29) is 0 Å². The quantitative estimate of drug-likeness (QED) is 0.563. The van der Waals surface area contributed by atoms with Crippen LogP contribution in [0.1, 0.15) is 26.7 Å². The molecule has 0 amide bonds. The van der Waals surface area contributed by atoms with E-state index in [2.05, 4.69) is 13.8 Å². The van der Waals surface area contributed by atoms with Crippen LogP contribution in [0, 0.1) is 23.7 Å². The molecule has 1 nitrogen and oxygen atoms in total. The Kier molecular flexibility index (Phi) is 1.92. The summed E-state index contributed by atoms with van der Waals surface area (Å²) in [7, 11) is 0. The van der Waals surface area contributed by atoms with Crippen LogP contribution in [-0.2, 0) is 4.74 Å². The van der Waals surface area contributed by atoms with E-state index in [4.69, 9.17) is 4.74 Å². The van der Waals surface area contributed by atoms with Crippen molar-refractivity contribution >= 4 is 0 Å². The summed E-state index contributed by atoms with van der Waals surface area (Å²) in [5.74, 6) is 3.72. The Morgan fingerprint density at radius 1 is 1.09 bits per heavy atom. The highest BCUT2D eigenvalue weighted by Crippen LogP contribution is 2.43. The molecule has 0 N–H and O–H groups in total. The van der Waals surface area contributed by atoms with Gasteiger partial charge >= 0.3 is 0 Å². The lowest BCUT2D eigenvalue weighted by Gasteiger charge is -2.14. The standard InChI is InChI=1S/C10H18O/c1-7(2)8-3-9-5-11-6-10(9)4-8/h7-10H,3-6H2,1-2H3/t8?,9-,10+. The molecular formula is C10H18O. The van der Waals surface area contributed by atoms with Crippen LogP contribution >= 0.6 is 0 Å². The van der Waals surface area contributed by atoms with Crippen molar-refractivity contribution in [3.8, 4) is 0 Å². The molecule has 1 saturated carbocycles. The molecule has 1 aliphatic carbocycles. The number of hydrogen-bond acceptors (Lipinski definition) is 1. The van der Waals surface area contributed by atoms with Gasteiger partial charge in [0, 0.05) is 13.2 Å². The van der Waals surface area contributed by atoms with Crippen molar-refractivity contribution in [1.82, 2.24) is 0 Å². The SMILES string of the molecule is CC(C)C1C[C@H]2COC[C@H]2C1. The van der Waals surface area contributed by atoms with Crippen LogP contribution < -0.4 is 0 Å². The molecule has 2 rings (SSSR count). The van der Waals surface area contributed by atoms with Gasteiger partial charge in [-0.1, -0.05) is 13.8 Å². The minimum absolute atomic E-state index is 0.889. The molecule has 0 aromatic heterocycles. The fourth-order valence-electron chi connectivity index (χ4n) is 2.58. The minimum Gasteiger partial charge on any atom is -0.381 e. The second kappa shape index (κ2) is 2.78. The fraction of sp³-hybridized carbons (Fsp3) is 1.00. The van der Waals surface area contributed by atoms with Crippen LogP contribution in [-0.4, -0.2) is 13.2 Å². The maximum Gasteiger partial charge on any atom is 0.0498 e. The fourth-order valence-corrected chi connectivity index (χ4v) is 2.58. The van der Waals surface area contributed by atoms with E-state index in [0.29, 0.717) is 0 Å². The zero-order valence-electron chi connectivity index (χ0n) is 7.55. The number of rotatable bonds is 1. The van der Waals surface area contributed by atoms with Gasteiger partial charge in [-0.15, -0.1) is 0 Å². The third-order valence-electron chi connectivity index (χ3n) is 3.48. The van der Waals surface area contributed by atoms with Gasteiger partial charge in [-0.25, -0.2) is 0 Å². The van der Waals surface area contributed by atoms with Crippen molar-refractivity contribution in [2.24, 2.45) is 23.7 Å². The molecule has 11 heavy (non-hydrogen) atoms. The summed E-state index contributed by atoms with van der Waals surface area (Å²) in [5, 5.41) is 0. The molecule has 2 aliphatic rings. The molecule has 1 heteroatoms. The number of ether oxygens (including phenoxy) is 1. The zero-order valence-corrected chi connectivity index (χ0v) is 7.55. The van der Waals surface area contributed by atoms with E-state index in [0.717, 1.165) is 36.9 Å². The summed E-state index contributed by atoms with van der Waals surface area (Å²) in [6.45, 7) is 6.81. The van der Waals surface area contributed by atoms with Gasteiger partial charge in [0.15, 0.2) is 0 Å². The van der Waals surface area contributed by atoms with Gasteiger partial charge in [0.05, 0.1) is 0 Å². The molecule has 2 fully saturated rings. The smallest absolute Gasteiger partial charge is 0.0498 e. The zero-order chi connectivity index (χ0) is 7.84. The van der Waals surface area contributed by atoms with Crippen LogP contribution in [0.3, 0.4) is 0 Å². The third-order valence-corrected chi connectivity index (χ3v) is 3.48. The lowest BCUT2D eigenvalue weighted by atomic mass is 9.93. The first kappa shape index (κ1) is 7.60. The minimum atomic E-state index is 0.889. The van der Waals surface area contributed by atoms with E-state index in [1.54, 1.807) is 0 Å². The van der Waals surface area contributed by atoms with Crippen LogP contribution in [0.5, 0.6) is 0 Å². The second-order valence-corrected chi connectivity index (χ2v) is 4.53. The lowest BCUT2D eigenvalue weighted by molar-refractivity contribution is 0.161. The van der Waals surface area contributed by atoms with Crippen molar-refractivity contribution in [1.29, 1.82) is 0 Å². The molecule has 3 atom stereocenters. The molecule has 0 aromatic rings. The van der Waals surface area contributed by atoms with Gasteiger partial charge < -0.3 is 4.74 Å². The number of fused-ring (bicyclic) bond motifs is 1. The van der Waals surface area contributed by atoms with E-state index >= 15 is 0 Å². The Morgan fingerprint density at radius 3 is 2.09 bits per heavy atom. The number of hydrogen-bond donors (Lipinski definition) is 0. The predicted molar refractivity (Wildman–Crippen MR) is 45.4 cm³/mol. The molecule has 0 spiro atoms. The van der Waals surface area contributed by atoms with Gasteiger partial charge in [-0.05, 0) is 36.5 Å². The second-order valence-electron chi connectivity index (χ2n) is 4.53. The van der Waals surface area contributed by atoms with Crippen molar-refractivity contribution in [3.63, 3.8) is 0 Å².